The zero-order chi connectivity index (χ0) is 17.8. The summed E-state index contributed by atoms with van der Waals surface area (Å²) in [5.74, 6) is 1.02. The van der Waals surface area contributed by atoms with Crippen molar-refractivity contribution < 1.29 is 14.3 Å². The molecule has 0 aromatic carbocycles. The van der Waals surface area contributed by atoms with Crippen LogP contribution in [0.1, 0.15) is 19.3 Å². The molecule has 3 aliphatic heterocycles. The van der Waals surface area contributed by atoms with Crippen molar-refractivity contribution >= 4 is 17.4 Å². The van der Waals surface area contributed by atoms with E-state index in [2.05, 4.69) is 20.5 Å². The number of amides is 1. The number of ether oxygens (including phenoxy) is 2. The van der Waals surface area contributed by atoms with Crippen molar-refractivity contribution in [3.05, 3.63) is 18.3 Å². The maximum atomic E-state index is 13.0. The predicted octanol–water partition coefficient (Wildman–Crippen LogP) is 1.26. The van der Waals surface area contributed by atoms with Gasteiger partial charge in [0.1, 0.15) is 5.82 Å². The van der Waals surface area contributed by atoms with Gasteiger partial charge in [-0.1, -0.05) is 0 Å². The molecule has 26 heavy (non-hydrogen) atoms. The molecular weight excluding hydrogens is 332 g/mol. The fraction of sp³-hybridized carbons (Fsp3) is 0.684. The first-order valence-electron chi connectivity index (χ1n) is 9.65. The van der Waals surface area contributed by atoms with Gasteiger partial charge in [0.15, 0.2) is 0 Å². The highest BCUT2D eigenvalue weighted by molar-refractivity contribution is 5.93. The molecule has 1 spiro atoms. The van der Waals surface area contributed by atoms with E-state index in [1.54, 1.807) is 6.20 Å². The SMILES string of the molecule is O=C(Nc1ccc(N2CCOCC2)nc1)C1CNCCC12CCOCC2. The highest BCUT2D eigenvalue weighted by atomic mass is 16.5. The maximum Gasteiger partial charge on any atom is 0.229 e. The number of pyridine rings is 1. The fourth-order valence-corrected chi connectivity index (χ4v) is 4.39. The second kappa shape index (κ2) is 7.90. The molecule has 0 radical (unpaired) electrons. The van der Waals surface area contributed by atoms with Crippen LogP contribution in [0.15, 0.2) is 18.3 Å². The number of hydrogen-bond acceptors (Lipinski definition) is 6. The van der Waals surface area contributed by atoms with Gasteiger partial charge in [-0.3, -0.25) is 4.79 Å². The molecule has 0 aliphatic carbocycles. The number of piperidine rings is 1. The molecule has 1 unspecified atom stereocenters. The summed E-state index contributed by atoms with van der Waals surface area (Å²) in [6.07, 6.45) is 4.75. The van der Waals surface area contributed by atoms with E-state index in [4.69, 9.17) is 9.47 Å². The van der Waals surface area contributed by atoms with Crippen LogP contribution in [0.2, 0.25) is 0 Å². The van der Waals surface area contributed by atoms with Crippen LogP contribution >= 0.6 is 0 Å². The first kappa shape index (κ1) is 17.7. The Hall–Kier alpha value is -1.70. The van der Waals surface area contributed by atoms with Crippen molar-refractivity contribution in [3.8, 4) is 0 Å². The number of rotatable bonds is 3. The van der Waals surface area contributed by atoms with Crippen LogP contribution in [0.25, 0.3) is 0 Å². The first-order valence-corrected chi connectivity index (χ1v) is 9.65. The van der Waals surface area contributed by atoms with Gasteiger partial charge < -0.3 is 25.0 Å². The van der Waals surface area contributed by atoms with Gasteiger partial charge >= 0.3 is 0 Å². The Bertz CT molecular complexity index is 601. The summed E-state index contributed by atoms with van der Waals surface area (Å²) in [5, 5.41) is 6.48. The molecule has 7 nitrogen and oxygen atoms in total. The van der Waals surface area contributed by atoms with E-state index in [0.717, 1.165) is 83.4 Å². The lowest BCUT2D eigenvalue weighted by Gasteiger charge is -2.46. The number of nitrogens with zero attached hydrogens (tertiary/aromatic N) is 2. The minimum absolute atomic E-state index is 0.0148. The number of carbonyl (C=O) groups excluding carboxylic acids is 1. The van der Waals surface area contributed by atoms with Gasteiger partial charge in [-0.25, -0.2) is 4.98 Å². The van der Waals surface area contributed by atoms with Crippen LogP contribution < -0.4 is 15.5 Å². The molecule has 3 fully saturated rings. The summed E-state index contributed by atoms with van der Waals surface area (Å²) in [6, 6.07) is 3.92. The van der Waals surface area contributed by atoms with Crippen molar-refractivity contribution in [2.75, 3.05) is 62.8 Å². The van der Waals surface area contributed by atoms with E-state index >= 15 is 0 Å². The van der Waals surface area contributed by atoms with Crippen LogP contribution in [0.3, 0.4) is 0 Å². The molecule has 4 heterocycles. The van der Waals surface area contributed by atoms with Gasteiger partial charge in [0.25, 0.3) is 0 Å². The van der Waals surface area contributed by atoms with Crippen LogP contribution in [0.5, 0.6) is 0 Å². The Morgan fingerprint density at radius 1 is 1.15 bits per heavy atom. The van der Waals surface area contributed by atoms with Crippen molar-refractivity contribution in [1.29, 1.82) is 0 Å². The summed E-state index contributed by atoms with van der Waals surface area (Å²) in [6.45, 7) is 6.44. The Kier molecular flexibility index (Phi) is 5.38. The molecule has 7 heteroatoms. The Morgan fingerprint density at radius 3 is 2.65 bits per heavy atom. The van der Waals surface area contributed by atoms with Gasteiger partial charge in [-0.2, -0.15) is 0 Å². The van der Waals surface area contributed by atoms with E-state index in [1.165, 1.54) is 0 Å². The van der Waals surface area contributed by atoms with Crippen molar-refractivity contribution in [2.24, 2.45) is 11.3 Å². The molecule has 1 atom stereocenters. The molecule has 3 saturated heterocycles. The molecule has 0 saturated carbocycles. The summed E-state index contributed by atoms with van der Waals surface area (Å²) in [4.78, 5) is 19.7. The van der Waals surface area contributed by atoms with Crippen molar-refractivity contribution in [2.45, 2.75) is 19.3 Å². The minimum Gasteiger partial charge on any atom is -0.381 e. The van der Waals surface area contributed by atoms with Gasteiger partial charge in [-0.15, -0.1) is 0 Å². The zero-order valence-electron chi connectivity index (χ0n) is 15.2. The number of carbonyl (C=O) groups is 1. The average Bonchev–Trinajstić information content (AvgIpc) is 2.70. The lowest BCUT2D eigenvalue weighted by Crippen LogP contribution is -2.52. The number of anilines is 2. The summed E-state index contributed by atoms with van der Waals surface area (Å²) >= 11 is 0. The Morgan fingerprint density at radius 2 is 1.92 bits per heavy atom. The summed E-state index contributed by atoms with van der Waals surface area (Å²) in [5.41, 5.74) is 0.842. The van der Waals surface area contributed by atoms with Crippen LogP contribution in [0, 0.1) is 11.3 Å². The summed E-state index contributed by atoms with van der Waals surface area (Å²) < 4.78 is 10.9. The third-order valence-corrected chi connectivity index (χ3v) is 6.04. The molecule has 1 aromatic rings. The standard InChI is InChI=1S/C19H28N4O3/c24-18(16-14-20-6-3-19(16)4-9-25-10-5-19)22-15-1-2-17(21-13-15)23-7-11-26-12-8-23/h1-2,13,16,20H,3-12,14H2,(H,22,24). The van der Waals surface area contributed by atoms with Crippen LogP contribution in [-0.2, 0) is 14.3 Å². The Labute approximate surface area is 154 Å². The quantitative estimate of drug-likeness (QED) is 0.845. The van der Waals surface area contributed by atoms with Crippen LogP contribution in [0.4, 0.5) is 11.5 Å². The second-order valence-corrected chi connectivity index (χ2v) is 7.48. The normalized spacial score (nSPS) is 25.8. The summed E-state index contributed by atoms with van der Waals surface area (Å²) in [7, 11) is 0. The molecule has 2 N–H and O–H groups in total. The minimum atomic E-state index is -0.0148. The maximum absolute atomic E-state index is 13.0. The molecule has 1 aromatic heterocycles. The van der Waals surface area contributed by atoms with Gasteiger partial charge in [0.2, 0.25) is 5.91 Å². The zero-order valence-corrected chi connectivity index (χ0v) is 15.2. The molecule has 142 valence electrons. The largest absolute Gasteiger partial charge is 0.381 e. The molecule has 4 rings (SSSR count). The molecule has 0 bridgehead atoms. The van der Waals surface area contributed by atoms with Gasteiger partial charge in [0.05, 0.1) is 31.0 Å². The third kappa shape index (κ3) is 3.70. The smallest absolute Gasteiger partial charge is 0.229 e. The number of nitrogens with one attached hydrogen (secondary N) is 2. The van der Waals surface area contributed by atoms with Crippen molar-refractivity contribution in [1.82, 2.24) is 10.3 Å². The van der Waals surface area contributed by atoms with Crippen molar-refractivity contribution in [3.63, 3.8) is 0 Å². The molecule has 3 aliphatic rings. The number of aromatic nitrogens is 1. The van der Waals surface area contributed by atoms with E-state index in [9.17, 15) is 4.79 Å². The highest BCUT2D eigenvalue weighted by Gasteiger charge is 2.45. The van der Waals surface area contributed by atoms with Gasteiger partial charge in [0, 0.05) is 32.8 Å². The van der Waals surface area contributed by atoms with E-state index in [-0.39, 0.29) is 17.2 Å². The van der Waals surface area contributed by atoms with Crippen LogP contribution in [-0.4, -0.2) is 63.5 Å². The first-order chi connectivity index (χ1) is 12.8. The molecular formula is C19H28N4O3. The monoisotopic (exact) mass is 360 g/mol. The molecule has 1 amide bonds. The second-order valence-electron chi connectivity index (χ2n) is 7.48. The number of hydrogen-bond donors (Lipinski definition) is 2. The van der Waals surface area contributed by atoms with E-state index in [0.29, 0.717) is 0 Å². The highest BCUT2D eigenvalue weighted by Crippen LogP contribution is 2.43. The van der Waals surface area contributed by atoms with E-state index < -0.39 is 0 Å². The lowest BCUT2D eigenvalue weighted by atomic mass is 9.65. The average molecular weight is 360 g/mol. The Balaban J connectivity index is 1.41. The lowest BCUT2D eigenvalue weighted by molar-refractivity contribution is -0.129. The topological polar surface area (TPSA) is 75.7 Å². The fourth-order valence-electron chi connectivity index (χ4n) is 4.39. The third-order valence-electron chi connectivity index (χ3n) is 6.04. The predicted molar refractivity (Wildman–Crippen MR) is 99.4 cm³/mol. The number of morpholine rings is 1. The van der Waals surface area contributed by atoms with Gasteiger partial charge in [-0.05, 0) is 43.4 Å². The van der Waals surface area contributed by atoms with E-state index in [1.807, 2.05) is 12.1 Å².